The summed E-state index contributed by atoms with van der Waals surface area (Å²) in [6.07, 6.45) is -1.19. The number of hydrogen-bond acceptors (Lipinski definition) is 11. The highest BCUT2D eigenvalue weighted by Gasteiger charge is 2.34. The molecule has 1 rings (SSSR count). The highest BCUT2D eigenvalue weighted by atomic mass is 16.4. The summed E-state index contributed by atoms with van der Waals surface area (Å²) in [6.45, 7) is 11.7. The molecule has 0 aliphatic heterocycles. The molecule has 1 aromatic rings. The number of amides is 7. The molecule has 0 saturated heterocycles. The predicted molar refractivity (Wildman–Crippen MR) is 209 cm³/mol. The van der Waals surface area contributed by atoms with Gasteiger partial charge in [0.2, 0.25) is 41.4 Å². The molecule has 0 fully saturated rings. The fourth-order valence-electron chi connectivity index (χ4n) is 5.35. The molecule has 0 bridgehead atoms. The zero-order chi connectivity index (χ0) is 43.6. The number of benzene rings is 1. The Morgan fingerprint density at radius 1 is 0.614 bits per heavy atom. The fraction of sp³-hybridized carbons (Fsp3) is 0.632. The van der Waals surface area contributed by atoms with E-state index in [1.807, 2.05) is 0 Å². The predicted octanol–water partition coefficient (Wildman–Crippen LogP) is -2.19. The van der Waals surface area contributed by atoms with Gasteiger partial charge in [0.1, 0.15) is 36.3 Å². The van der Waals surface area contributed by atoms with Crippen LogP contribution < -0.4 is 43.0 Å². The van der Waals surface area contributed by atoms with Crippen LogP contribution in [0, 0.1) is 17.8 Å². The van der Waals surface area contributed by atoms with Crippen LogP contribution in [0.3, 0.4) is 0 Å². The van der Waals surface area contributed by atoms with Crippen LogP contribution in [-0.2, 0) is 44.8 Å². The van der Waals surface area contributed by atoms with Crippen molar-refractivity contribution in [3.8, 4) is 0 Å². The summed E-state index contributed by atoms with van der Waals surface area (Å²) in [5, 5.41) is 46.0. The number of nitrogens with one attached hydrogen (secondary N) is 7. The van der Waals surface area contributed by atoms with Crippen molar-refractivity contribution in [1.29, 1.82) is 0 Å². The van der Waals surface area contributed by atoms with Gasteiger partial charge in [0.05, 0.1) is 25.3 Å². The molecule has 19 heteroatoms. The molecule has 1 aromatic carbocycles. The number of aliphatic carboxylic acids is 1. The van der Waals surface area contributed by atoms with E-state index in [1.165, 1.54) is 13.8 Å². The fourth-order valence-corrected chi connectivity index (χ4v) is 5.35. The van der Waals surface area contributed by atoms with Crippen LogP contribution in [-0.4, -0.2) is 124 Å². The summed E-state index contributed by atoms with van der Waals surface area (Å²) in [7, 11) is 0. The summed E-state index contributed by atoms with van der Waals surface area (Å²) >= 11 is 0. The summed E-state index contributed by atoms with van der Waals surface area (Å²) in [4.78, 5) is 103. The van der Waals surface area contributed by atoms with Crippen molar-refractivity contribution >= 4 is 47.3 Å². The first-order valence-corrected chi connectivity index (χ1v) is 19.0. The van der Waals surface area contributed by atoms with Crippen molar-refractivity contribution in [2.75, 3.05) is 13.2 Å². The molecule has 0 aliphatic carbocycles. The molecule has 12 N–H and O–H groups in total. The topological polar surface area (TPSA) is 307 Å². The molecule has 0 heterocycles. The lowest BCUT2D eigenvalue weighted by atomic mass is 10.0. The van der Waals surface area contributed by atoms with Crippen molar-refractivity contribution < 1.29 is 53.7 Å². The van der Waals surface area contributed by atoms with Crippen LogP contribution in [0.1, 0.15) is 73.8 Å². The minimum absolute atomic E-state index is 0.0901. The lowest BCUT2D eigenvalue weighted by Crippen LogP contribution is -2.61. The number of carboxylic acid groups (broad SMARTS) is 1. The molecule has 57 heavy (non-hydrogen) atoms. The Bertz CT molecular complexity index is 1520. The van der Waals surface area contributed by atoms with E-state index in [-0.39, 0.29) is 37.0 Å². The van der Waals surface area contributed by atoms with E-state index in [4.69, 9.17) is 5.73 Å². The van der Waals surface area contributed by atoms with Crippen molar-refractivity contribution in [3.63, 3.8) is 0 Å². The molecule has 8 atom stereocenters. The third kappa shape index (κ3) is 18.1. The molecule has 320 valence electrons. The zero-order valence-corrected chi connectivity index (χ0v) is 34.0. The lowest BCUT2D eigenvalue weighted by Gasteiger charge is -2.27. The van der Waals surface area contributed by atoms with Gasteiger partial charge >= 0.3 is 5.97 Å². The van der Waals surface area contributed by atoms with Gasteiger partial charge in [0.25, 0.3) is 0 Å². The monoisotopic (exact) mass is 806 g/mol. The second-order valence-electron chi connectivity index (χ2n) is 15.2. The highest BCUT2D eigenvalue weighted by molar-refractivity contribution is 5.97. The molecular weight excluding hydrogens is 744 g/mol. The first-order valence-electron chi connectivity index (χ1n) is 19.0. The average Bonchev–Trinajstić information content (AvgIpc) is 3.12. The van der Waals surface area contributed by atoms with Gasteiger partial charge in [-0.2, -0.15) is 0 Å². The van der Waals surface area contributed by atoms with E-state index < -0.39 is 109 Å². The van der Waals surface area contributed by atoms with Gasteiger partial charge in [0, 0.05) is 6.42 Å². The van der Waals surface area contributed by atoms with E-state index in [9.17, 15) is 53.7 Å². The zero-order valence-electron chi connectivity index (χ0n) is 34.0. The number of carboxylic acids is 1. The maximum atomic E-state index is 13.5. The largest absolute Gasteiger partial charge is 0.480 e. The Morgan fingerprint density at radius 3 is 1.61 bits per heavy atom. The van der Waals surface area contributed by atoms with Crippen molar-refractivity contribution in [1.82, 2.24) is 37.2 Å². The molecule has 0 unspecified atom stereocenters. The average molecular weight is 807 g/mol. The van der Waals surface area contributed by atoms with Crippen LogP contribution in [0.4, 0.5) is 0 Å². The molecule has 0 radical (unpaired) electrons. The van der Waals surface area contributed by atoms with E-state index in [1.54, 1.807) is 71.9 Å². The summed E-state index contributed by atoms with van der Waals surface area (Å²) in [6, 6.07) is -0.0178. The first-order chi connectivity index (χ1) is 26.6. The third-order valence-corrected chi connectivity index (χ3v) is 8.67. The Morgan fingerprint density at radius 2 is 1.12 bits per heavy atom. The first kappa shape index (κ1) is 49.9. The minimum Gasteiger partial charge on any atom is -0.480 e. The quantitative estimate of drug-likeness (QED) is 0.0531. The standard InChI is InChI=1S/C38H62N8O11/c1-19(2)14-25(42-29(49)17-40-33(51)27(16-24-12-10-9-11-13-24)44-36(54)30(39)21(5)6)35(53)46-31(23(8)48)37(55)41-22(7)32(50)43-26(15-20(3)4)34(52)45-28(18-47)38(56)57/h9-13,19-23,25-28,30-31,47-48H,14-18,39H2,1-8H3,(H,40,51)(H,41,55)(H,42,49)(H,43,50)(H,44,54)(H,45,52)(H,46,53)(H,56,57)/t22-,23+,25-,26-,27-,28-,30-,31-/m0/s1. The van der Waals surface area contributed by atoms with Crippen molar-refractivity contribution in [2.45, 2.75) is 123 Å². The second-order valence-corrected chi connectivity index (χ2v) is 15.2. The number of carbonyl (C=O) groups is 8. The van der Waals surface area contributed by atoms with Crippen molar-refractivity contribution in [3.05, 3.63) is 35.9 Å². The lowest BCUT2D eigenvalue weighted by molar-refractivity contribution is -0.143. The number of nitrogens with two attached hydrogens (primary N) is 1. The van der Waals surface area contributed by atoms with E-state index in [0.717, 1.165) is 5.56 Å². The Kier molecular flexibility index (Phi) is 21.4. The third-order valence-electron chi connectivity index (χ3n) is 8.67. The van der Waals surface area contributed by atoms with Crippen LogP contribution in [0.2, 0.25) is 0 Å². The normalized spacial score (nSPS) is 15.5. The van der Waals surface area contributed by atoms with Gasteiger partial charge in [-0.25, -0.2) is 4.79 Å². The Labute approximate surface area is 333 Å². The molecule has 0 aromatic heterocycles. The van der Waals surface area contributed by atoms with Crippen LogP contribution >= 0.6 is 0 Å². The van der Waals surface area contributed by atoms with Gasteiger partial charge < -0.3 is 58.3 Å². The molecule has 0 spiro atoms. The minimum atomic E-state index is -1.61. The number of hydrogen-bond donors (Lipinski definition) is 11. The maximum absolute atomic E-state index is 13.5. The Balaban J connectivity index is 3.02. The number of rotatable bonds is 24. The van der Waals surface area contributed by atoms with Gasteiger partial charge in [-0.15, -0.1) is 0 Å². The van der Waals surface area contributed by atoms with Crippen LogP contribution in [0.25, 0.3) is 0 Å². The number of aliphatic hydroxyl groups is 2. The molecule has 7 amide bonds. The van der Waals surface area contributed by atoms with Gasteiger partial charge in [-0.3, -0.25) is 33.6 Å². The summed E-state index contributed by atoms with van der Waals surface area (Å²) < 4.78 is 0. The van der Waals surface area contributed by atoms with E-state index >= 15 is 0 Å². The summed E-state index contributed by atoms with van der Waals surface area (Å²) in [5.41, 5.74) is 6.73. The number of aliphatic hydroxyl groups excluding tert-OH is 2. The van der Waals surface area contributed by atoms with Crippen LogP contribution in [0.15, 0.2) is 30.3 Å². The number of carbonyl (C=O) groups excluding carboxylic acids is 7. The molecule has 0 aliphatic rings. The maximum Gasteiger partial charge on any atom is 0.328 e. The molecular formula is C38H62N8O11. The Hall–Kier alpha value is -5.14. The van der Waals surface area contributed by atoms with Gasteiger partial charge in [0.15, 0.2) is 0 Å². The SMILES string of the molecule is CC(C)C[C@H](NC(=O)CNC(=O)[C@H](Cc1ccccc1)NC(=O)[C@@H](N)C(C)C)C(=O)N[C@H](C(=O)N[C@@H](C)C(=O)N[C@@H](CC(C)C)C(=O)N[C@@H](CO)C(=O)O)[C@@H](C)O. The van der Waals surface area contributed by atoms with Gasteiger partial charge in [-0.05, 0) is 50.0 Å². The van der Waals surface area contributed by atoms with Crippen LogP contribution in [0.5, 0.6) is 0 Å². The smallest absolute Gasteiger partial charge is 0.328 e. The van der Waals surface area contributed by atoms with Crippen molar-refractivity contribution in [2.24, 2.45) is 23.5 Å². The highest BCUT2D eigenvalue weighted by Crippen LogP contribution is 2.09. The molecule has 19 nitrogen and oxygen atoms in total. The van der Waals surface area contributed by atoms with Gasteiger partial charge in [-0.1, -0.05) is 71.9 Å². The van der Waals surface area contributed by atoms with E-state index in [2.05, 4.69) is 37.2 Å². The van der Waals surface area contributed by atoms with E-state index in [0.29, 0.717) is 0 Å². The second kappa shape index (κ2) is 24.5. The summed E-state index contributed by atoms with van der Waals surface area (Å²) in [5.74, 6) is -7.45. The molecule has 0 saturated carbocycles.